The molecule has 0 spiro atoms. The molecule has 2 fully saturated rings. The number of aliphatic hydroxyl groups is 4. The maximum atomic E-state index is 10.2. The molecule has 2 aliphatic carbocycles. The van der Waals surface area contributed by atoms with Crippen LogP contribution in [0.1, 0.15) is 81.6 Å². The summed E-state index contributed by atoms with van der Waals surface area (Å²) in [6, 6.07) is 0. The average Bonchev–Trinajstić information content (AvgIpc) is 2.42. The fraction of sp³-hybridized carbons (Fsp3) is 0.909. The first kappa shape index (κ1) is 25.4. The van der Waals surface area contributed by atoms with E-state index in [4.69, 9.17) is 6.42 Å². The van der Waals surface area contributed by atoms with Gasteiger partial charge in [0.1, 0.15) is 5.60 Å². The third kappa shape index (κ3) is 4.62. The number of aliphatic hydroxyl groups excluding tert-OH is 2. The van der Waals surface area contributed by atoms with Gasteiger partial charge in [0.05, 0.1) is 17.8 Å². The van der Waals surface area contributed by atoms with Crippen molar-refractivity contribution in [2.45, 2.75) is 105 Å². The molecule has 2 aliphatic rings. The molecule has 4 nitrogen and oxygen atoms in total. The van der Waals surface area contributed by atoms with Crippen molar-refractivity contribution in [1.29, 1.82) is 0 Å². The second kappa shape index (κ2) is 8.19. The van der Waals surface area contributed by atoms with Crippen molar-refractivity contribution in [2.24, 2.45) is 22.7 Å². The maximum Gasteiger partial charge on any atom is 0.132 e. The molecule has 0 bridgehead atoms. The summed E-state index contributed by atoms with van der Waals surface area (Å²) in [4.78, 5) is 0. The monoisotopic (exact) mass is 370 g/mol. The molecule has 0 unspecified atom stereocenters. The van der Waals surface area contributed by atoms with Crippen molar-refractivity contribution < 1.29 is 20.4 Å². The largest absolute Gasteiger partial charge is 0.393 e. The fourth-order valence-corrected chi connectivity index (χ4v) is 4.59. The molecular weight excluding hydrogens is 328 g/mol. The van der Waals surface area contributed by atoms with Crippen LogP contribution < -0.4 is 0 Å². The minimum absolute atomic E-state index is 0. The maximum absolute atomic E-state index is 10.2. The number of rotatable bonds is 0. The Morgan fingerprint density at radius 1 is 0.808 bits per heavy atom. The molecule has 26 heavy (non-hydrogen) atoms. The molecule has 2 saturated carbocycles. The Kier molecular flexibility index (Phi) is 8.00. The standard InChI is InChI=1S/C11H18O2.C10H20O2.CH4/c1-5-11(13)8(2)6-9(12)7-10(11,3)4;1-7-5-8(11)6-9(2,3)10(7,4)12;/h1,8-9,12-13H,6-7H2,2-4H3;7-8,11-12H,5-6H2,1-4H3;1H4/t8-,9-,11+;7-,8-,10+;/m10./s1. The van der Waals surface area contributed by atoms with Gasteiger partial charge in [-0.3, -0.25) is 0 Å². The molecule has 0 heterocycles. The van der Waals surface area contributed by atoms with Crippen LogP contribution in [0, 0.1) is 35.0 Å². The fourth-order valence-electron chi connectivity index (χ4n) is 4.59. The van der Waals surface area contributed by atoms with Gasteiger partial charge in [-0.05, 0) is 49.9 Å². The van der Waals surface area contributed by atoms with E-state index >= 15 is 0 Å². The lowest BCUT2D eigenvalue weighted by atomic mass is 9.60. The minimum atomic E-state index is -1.08. The van der Waals surface area contributed by atoms with Gasteiger partial charge in [-0.2, -0.15) is 0 Å². The van der Waals surface area contributed by atoms with Crippen LogP contribution in [0.3, 0.4) is 0 Å². The molecule has 0 saturated heterocycles. The third-order valence-electron chi connectivity index (χ3n) is 7.04. The van der Waals surface area contributed by atoms with Crippen molar-refractivity contribution in [2.75, 3.05) is 0 Å². The predicted octanol–water partition coefficient (Wildman–Crippen LogP) is 3.36. The second-order valence-electron chi connectivity index (χ2n) is 9.82. The molecule has 6 atom stereocenters. The second-order valence-corrected chi connectivity index (χ2v) is 9.82. The topological polar surface area (TPSA) is 80.9 Å². The van der Waals surface area contributed by atoms with Crippen LogP contribution in [0.4, 0.5) is 0 Å². The quantitative estimate of drug-likeness (QED) is 0.493. The van der Waals surface area contributed by atoms with E-state index in [-0.39, 0.29) is 36.9 Å². The lowest BCUT2D eigenvalue weighted by Gasteiger charge is -2.50. The Labute approximate surface area is 161 Å². The van der Waals surface area contributed by atoms with Gasteiger partial charge in [0.2, 0.25) is 0 Å². The zero-order chi connectivity index (χ0) is 19.8. The summed E-state index contributed by atoms with van der Waals surface area (Å²) in [6.45, 7) is 13.6. The van der Waals surface area contributed by atoms with Crippen LogP contribution in [-0.4, -0.2) is 43.8 Å². The first-order chi connectivity index (χ1) is 11.1. The molecule has 0 aromatic heterocycles. The molecule has 4 heteroatoms. The van der Waals surface area contributed by atoms with Gasteiger partial charge in [-0.25, -0.2) is 0 Å². The lowest BCUT2D eigenvalue weighted by molar-refractivity contribution is -0.147. The van der Waals surface area contributed by atoms with E-state index in [1.54, 1.807) is 0 Å². The summed E-state index contributed by atoms with van der Waals surface area (Å²) in [6.07, 6.45) is 7.36. The van der Waals surface area contributed by atoms with Crippen LogP contribution in [0.15, 0.2) is 0 Å². The summed E-state index contributed by atoms with van der Waals surface area (Å²) in [5, 5.41) is 39.5. The first-order valence-electron chi connectivity index (χ1n) is 9.39. The Balaban J connectivity index is 0.000000464. The molecule has 0 aromatic carbocycles. The third-order valence-corrected chi connectivity index (χ3v) is 7.04. The highest BCUT2D eigenvalue weighted by Crippen LogP contribution is 2.47. The number of terminal acetylenes is 1. The van der Waals surface area contributed by atoms with Gasteiger partial charge in [-0.1, -0.05) is 54.9 Å². The van der Waals surface area contributed by atoms with Crippen LogP contribution in [0.5, 0.6) is 0 Å². The van der Waals surface area contributed by atoms with E-state index in [0.29, 0.717) is 19.3 Å². The van der Waals surface area contributed by atoms with Gasteiger partial charge in [-0.15, -0.1) is 6.42 Å². The summed E-state index contributed by atoms with van der Waals surface area (Å²) >= 11 is 0. The van der Waals surface area contributed by atoms with Gasteiger partial charge in [0.15, 0.2) is 0 Å². The summed E-state index contributed by atoms with van der Waals surface area (Å²) in [5.74, 6) is 2.62. The van der Waals surface area contributed by atoms with Gasteiger partial charge in [0.25, 0.3) is 0 Å². The Morgan fingerprint density at radius 3 is 1.54 bits per heavy atom. The van der Waals surface area contributed by atoms with Crippen LogP contribution in [0.25, 0.3) is 0 Å². The highest BCUT2D eigenvalue weighted by Gasteiger charge is 2.51. The summed E-state index contributed by atoms with van der Waals surface area (Å²) in [5.41, 5.74) is -2.30. The zero-order valence-corrected chi connectivity index (χ0v) is 17.0. The smallest absolute Gasteiger partial charge is 0.132 e. The van der Waals surface area contributed by atoms with E-state index in [1.165, 1.54) is 0 Å². The number of hydrogen-bond donors (Lipinski definition) is 4. The lowest BCUT2D eigenvalue weighted by Crippen LogP contribution is -2.54. The van der Waals surface area contributed by atoms with Crippen LogP contribution in [0.2, 0.25) is 0 Å². The van der Waals surface area contributed by atoms with Crippen LogP contribution >= 0.6 is 0 Å². The highest BCUT2D eigenvalue weighted by atomic mass is 16.3. The van der Waals surface area contributed by atoms with Crippen molar-refractivity contribution in [3.05, 3.63) is 0 Å². The molecule has 4 N–H and O–H groups in total. The van der Waals surface area contributed by atoms with Crippen LogP contribution in [-0.2, 0) is 0 Å². The van der Waals surface area contributed by atoms with Crippen molar-refractivity contribution in [3.8, 4) is 12.3 Å². The molecule has 2 rings (SSSR count). The van der Waals surface area contributed by atoms with Crippen molar-refractivity contribution in [1.82, 2.24) is 0 Å². The average molecular weight is 371 g/mol. The SMILES string of the molecule is C.C#C[C@]1(O)[C@H](C)C[C@@H](O)CC1(C)C.C[C@H]1C[C@H](O)CC(C)(C)[C@]1(C)O. The summed E-state index contributed by atoms with van der Waals surface area (Å²) < 4.78 is 0. The molecule has 0 radical (unpaired) electrons. The molecule has 0 amide bonds. The summed E-state index contributed by atoms with van der Waals surface area (Å²) in [7, 11) is 0. The molecule has 0 aliphatic heterocycles. The van der Waals surface area contributed by atoms with E-state index in [0.717, 1.165) is 6.42 Å². The minimum Gasteiger partial charge on any atom is -0.393 e. The normalized spacial score (nSPS) is 43.9. The molecule has 0 aromatic rings. The Morgan fingerprint density at radius 2 is 1.19 bits per heavy atom. The highest BCUT2D eigenvalue weighted by molar-refractivity contribution is 5.18. The van der Waals surface area contributed by atoms with Crippen molar-refractivity contribution >= 4 is 0 Å². The van der Waals surface area contributed by atoms with E-state index < -0.39 is 16.6 Å². The first-order valence-corrected chi connectivity index (χ1v) is 9.39. The van der Waals surface area contributed by atoms with Gasteiger partial charge < -0.3 is 20.4 Å². The van der Waals surface area contributed by atoms with E-state index in [1.807, 2.05) is 48.5 Å². The van der Waals surface area contributed by atoms with Gasteiger partial charge >= 0.3 is 0 Å². The molecular formula is C22H42O4. The Hall–Kier alpha value is -0.600. The Bertz CT molecular complexity index is 503. The van der Waals surface area contributed by atoms with E-state index in [2.05, 4.69) is 5.92 Å². The predicted molar refractivity (Wildman–Crippen MR) is 108 cm³/mol. The number of hydrogen-bond acceptors (Lipinski definition) is 4. The van der Waals surface area contributed by atoms with Crippen molar-refractivity contribution in [3.63, 3.8) is 0 Å². The zero-order valence-electron chi connectivity index (χ0n) is 17.0. The van der Waals surface area contributed by atoms with Gasteiger partial charge in [0, 0.05) is 5.41 Å². The van der Waals surface area contributed by atoms with E-state index in [9.17, 15) is 20.4 Å². The molecule has 154 valence electrons.